The number of halogens is 1. The summed E-state index contributed by atoms with van der Waals surface area (Å²) in [6.07, 6.45) is 6.44. The molecule has 1 saturated carbocycles. The Morgan fingerprint density at radius 3 is 2.56 bits per heavy atom. The summed E-state index contributed by atoms with van der Waals surface area (Å²) >= 11 is 0. The van der Waals surface area contributed by atoms with Gasteiger partial charge in [-0.3, -0.25) is 0 Å². The SMILES string of the molecule is C[C@@H](NC1CCCCC1)c1ccccc1F. The van der Waals surface area contributed by atoms with Gasteiger partial charge in [0.2, 0.25) is 0 Å². The van der Waals surface area contributed by atoms with Gasteiger partial charge in [0.05, 0.1) is 0 Å². The number of hydrogen-bond donors (Lipinski definition) is 1. The molecule has 1 atom stereocenters. The largest absolute Gasteiger partial charge is 0.307 e. The van der Waals surface area contributed by atoms with Crippen LogP contribution in [0.1, 0.15) is 50.6 Å². The second kappa shape index (κ2) is 5.44. The Kier molecular flexibility index (Phi) is 3.94. The first kappa shape index (κ1) is 11.6. The van der Waals surface area contributed by atoms with E-state index >= 15 is 0 Å². The topological polar surface area (TPSA) is 12.0 Å². The first-order valence-corrected chi connectivity index (χ1v) is 6.28. The lowest BCUT2D eigenvalue weighted by atomic mass is 9.94. The van der Waals surface area contributed by atoms with E-state index in [4.69, 9.17) is 0 Å². The molecule has 0 aromatic heterocycles. The van der Waals surface area contributed by atoms with Gasteiger partial charge in [-0.1, -0.05) is 37.5 Å². The van der Waals surface area contributed by atoms with Crippen molar-refractivity contribution in [2.45, 2.75) is 51.1 Å². The summed E-state index contributed by atoms with van der Waals surface area (Å²) in [7, 11) is 0. The smallest absolute Gasteiger partial charge is 0.127 e. The third kappa shape index (κ3) is 2.82. The van der Waals surface area contributed by atoms with E-state index in [9.17, 15) is 4.39 Å². The number of rotatable bonds is 3. The Morgan fingerprint density at radius 2 is 1.88 bits per heavy atom. The lowest BCUT2D eigenvalue weighted by Gasteiger charge is -2.27. The molecule has 1 aromatic rings. The Hall–Kier alpha value is -0.890. The van der Waals surface area contributed by atoms with E-state index in [2.05, 4.69) is 5.32 Å². The van der Waals surface area contributed by atoms with Crippen LogP contribution in [0.25, 0.3) is 0 Å². The zero-order valence-electron chi connectivity index (χ0n) is 9.88. The molecular formula is C14H20FN. The van der Waals surface area contributed by atoms with E-state index < -0.39 is 0 Å². The summed E-state index contributed by atoms with van der Waals surface area (Å²) in [5.41, 5.74) is 0.785. The molecule has 2 heteroatoms. The van der Waals surface area contributed by atoms with Crippen molar-refractivity contribution in [3.05, 3.63) is 35.6 Å². The number of nitrogens with one attached hydrogen (secondary N) is 1. The van der Waals surface area contributed by atoms with E-state index in [0.29, 0.717) is 6.04 Å². The predicted octanol–water partition coefficient (Wildman–Crippen LogP) is 3.81. The van der Waals surface area contributed by atoms with Crippen LogP contribution >= 0.6 is 0 Å². The van der Waals surface area contributed by atoms with Gasteiger partial charge in [0.1, 0.15) is 5.82 Å². The van der Waals surface area contributed by atoms with Gasteiger partial charge in [-0.15, -0.1) is 0 Å². The molecule has 0 aliphatic heterocycles. The summed E-state index contributed by atoms with van der Waals surface area (Å²) in [5, 5.41) is 3.54. The van der Waals surface area contributed by atoms with Crippen LogP contribution in [0.2, 0.25) is 0 Å². The predicted molar refractivity (Wildman–Crippen MR) is 64.8 cm³/mol. The van der Waals surface area contributed by atoms with E-state index in [0.717, 1.165) is 5.56 Å². The fourth-order valence-corrected chi connectivity index (χ4v) is 2.54. The van der Waals surface area contributed by atoms with E-state index in [-0.39, 0.29) is 11.9 Å². The summed E-state index contributed by atoms with van der Waals surface area (Å²) in [5.74, 6) is -0.0988. The van der Waals surface area contributed by atoms with E-state index in [1.807, 2.05) is 19.1 Å². The third-order valence-electron chi connectivity index (χ3n) is 3.46. The Bertz CT molecular complexity index is 331. The van der Waals surface area contributed by atoms with Crippen molar-refractivity contribution in [2.75, 3.05) is 0 Å². The average Bonchev–Trinajstić information content (AvgIpc) is 2.31. The number of benzene rings is 1. The fraction of sp³-hybridized carbons (Fsp3) is 0.571. The highest BCUT2D eigenvalue weighted by molar-refractivity contribution is 5.20. The molecular weight excluding hydrogens is 201 g/mol. The van der Waals surface area contributed by atoms with Crippen molar-refractivity contribution in [2.24, 2.45) is 0 Å². The van der Waals surface area contributed by atoms with Crippen molar-refractivity contribution in [1.29, 1.82) is 0 Å². The molecule has 0 saturated heterocycles. The summed E-state index contributed by atoms with van der Waals surface area (Å²) in [6.45, 7) is 2.05. The number of hydrogen-bond acceptors (Lipinski definition) is 1. The van der Waals surface area contributed by atoms with Crippen LogP contribution in [0.5, 0.6) is 0 Å². The van der Waals surface area contributed by atoms with Crippen molar-refractivity contribution in [3.8, 4) is 0 Å². The summed E-state index contributed by atoms with van der Waals surface area (Å²) < 4.78 is 13.6. The van der Waals surface area contributed by atoms with Crippen LogP contribution in [0.15, 0.2) is 24.3 Å². The highest BCUT2D eigenvalue weighted by Gasteiger charge is 2.17. The standard InChI is InChI=1S/C14H20FN/c1-11(13-9-5-6-10-14(13)15)16-12-7-3-2-4-8-12/h5-6,9-12,16H,2-4,7-8H2,1H3/t11-/m1/s1. The molecule has 1 fully saturated rings. The second-order valence-corrected chi connectivity index (χ2v) is 4.74. The monoisotopic (exact) mass is 221 g/mol. The van der Waals surface area contributed by atoms with Crippen LogP contribution in [0, 0.1) is 5.82 Å². The molecule has 2 rings (SSSR count). The lowest BCUT2D eigenvalue weighted by Crippen LogP contribution is -2.33. The normalized spacial score (nSPS) is 19.6. The summed E-state index contributed by atoms with van der Waals surface area (Å²) in [6, 6.07) is 7.74. The van der Waals surface area contributed by atoms with Gasteiger partial charge >= 0.3 is 0 Å². The van der Waals surface area contributed by atoms with Crippen LogP contribution < -0.4 is 5.32 Å². The van der Waals surface area contributed by atoms with Crippen LogP contribution in [0.3, 0.4) is 0 Å². The quantitative estimate of drug-likeness (QED) is 0.818. The molecule has 1 N–H and O–H groups in total. The zero-order valence-corrected chi connectivity index (χ0v) is 9.88. The molecule has 1 aromatic carbocycles. The molecule has 0 heterocycles. The molecule has 0 bridgehead atoms. The van der Waals surface area contributed by atoms with Crippen molar-refractivity contribution in [1.82, 2.24) is 5.32 Å². The maximum atomic E-state index is 13.6. The lowest BCUT2D eigenvalue weighted by molar-refractivity contribution is 0.343. The van der Waals surface area contributed by atoms with Crippen molar-refractivity contribution < 1.29 is 4.39 Å². The molecule has 88 valence electrons. The zero-order chi connectivity index (χ0) is 11.4. The minimum absolute atomic E-state index is 0.0988. The van der Waals surface area contributed by atoms with Crippen molar-refractivity contribution >= 4 is 0 Å². The van der Waals surface area contributed by atoms with Gasteiger partial charge in [0, 0.05) is 17.6 Å². The third-order valence-corrected chi connectivity index (χ3v) is 3.46. The first-order valence-electron chi connectivity index (χ1n) is 6.28. The van der Waals surface area contributed by atoms with Crippen molar-refractivity contribution in [3.63, 3.8) is 0 Å². The fourth-order valence-electron chi connectivity index (χ4n) is 2.54. The minimum atomic E-state index is -0.0988. The molecule has 0 spiro atoms. The van der Waals surface area contributed by atoms with Gasteiger partial charge in [0.25, 0.3) is 0 Å². The Balaban J connectivity index is 1.96. The van der Waals surface area contributed by atoms with E-state index in [1.54, 1.807) is 6.07 Å². The molecule has 0 amide bonds. The highest BCUT2D eigenvalue weighted by Crippen LogP contribution is 2.22. The molecule has 1 nitrogen and oxygen atoms in total. The maximum absolute atomic E-state index is 13.6. The van der Waals surface area contributed by atoms with Crippen LogP contribution in [0.4, 0.5) is 4.39 Å². The van der Waals surface area contributed by atoms with E-state index in [1.165, 1.54) is 38.2 Å². The van der Waals surface area contributed by atoms with Gasteiger partial charge in [-0.25, -0.2) is 4.39 Å². The van der Waals surface area contributed by atoms with Gasteiger partial charge in [-0.2, -0.15) is 0 Å². The Labute approximate surface area is 97.1 Å². The van der Waals surface area contributed by atoms with Crippen LogP contribution in [-0.2, 0) is 0 Å². The summed E-state index contributed by atoms with van der Waals surface area (Å²) in [4.78, 5) is 0. The highest BCUT2D eigenvalue weighted by atomic mass is 19.1. The average molecular weight is 221 g/mol. The van der Waals surface area contributed by atoms with Gasteiger partial charge in [0.15, 0.2) is 0 Å². The van der Waals surface area contributed by atoms with Gasteiger partial charge < -0.3 is 5.32 Å². The second-order valence-electron chi connectivity index (χ2n) is 4.74. The van der Waals surface area contributed by atoms with Crippen LogP contribution in [-0.4, -0.2) is 6.04 Å². The molecule has 1 aliphatic rings. The Morgan fingerprint density at radius 1 is 1.19 bits per heavy atom. The maximum Gasteiger partial charge on any atom is 0.127 e. The first-order chi connectivity index (χ1) is 7.77. The molecule has 0 unspecified atom stereocenters. The van der Waals surface area contributed by atoms with Gasteiger partial charge in [-0.05, 0) is 25.8 Å². The molecule has 0 radical (unpaired) electrons. The minimum Gasteiger partial charge on any atom is -0.307 e. The molecule has 16 heavy (non-hydrogen) atoms. The molecule has 1 aliphatic carbocycles.